The van der Waals surface area contributed by atoms with E-state index in [9.17, 15) is 9.59 Å². The Morgan fingerprint density at radius 1 is 1.04 bits per heavy atom. The Balaban J connectivity index is 2.23. The summed E-state index contributed by atoms with van der Waals surface area (Å²) in [6.45, 7) is 4.29. The second-order valence-corrected chi connectivity index (χ2v) is 5.08. The number of nitrogens with one attached hydrogen (secondary N) is 2. The number of hydrogen-bond acceptors (Lipinski definition) is 3. The number of carbonyl (C=O) groups excluding carboxylic acids is 2. The van der Waals surface area contributed by atoms with Gasteiger partial charge in [0.05, 0.1) is 7.11 Å². The maximum absolute atomic E-state index is 12.4. The number of amides is 2. The van der Waals surface area contributed by atoms with Crippen LogP contribution in [0.15, 0.2) is 42.5 Å². The van der Waals surface area contributed by atoms with Gasteiger partial charge in [-0.3, -0.25) is 9.59 Å². The number of anilines is 1. The molecular formula is C18H20N2O3. The molecule has 0 aromatic heterocycles. The second-order valence-electron chi connectivity index (χ2n) is 5.08. The lowest BCUT2D eigenvalue weighted by atomic mass is 10.1. The van der Waals surface area contributed by atoms with Gasteiger partial charge in [-0.1, -0.05) is 12.1 Å². The molecule has 0 radical (unpaired) electrons. The first-order valence-electron chi connectivity index (χ1n) is 7.39. The van der Waals surface area contributed by atoms with Crippen LogP contribution in [0, 0.1) is 6.92 Å². The van der Waals surface area contributed by atoms with Crippen LogP contribution in [0.1, 0.15) is 33.2 Å². The van der Waals surface area contributed by atoms with Crippen LogP contribution in [0.2, 0.25) is 0 Å². The smallest absolute Gasteiger partial charge is 0.255 e. The van der Waals surface area contributed by atoms with Gasteiger partial charge in [0.15, 0.2) is 0 Å². The highest BCUT2D eigenvalue weighted by Gasteiger charge is 2.11. The topological polar surface area (TPSA) is 67.4 Å². The number of rotatable bonds is 5. The molecule has 0 spiro atoms. The lowest BCUT2D eigenvalue weighted by molar-refractivity contribution is 0.0954. The molecule has 0 saturated heterocycles. The summed E-state index contributed by atoms with van der Waals surface area (Å²) in [5.41, 5.74) is 2.50. The molecule has 0 aliphatic carbocycles. The quantitative estimate of drug-likeness (QED) is 0.892. The van der Waals surface area contributed by atoms with Gasteiger partial charge < -0.3 is 15.4 Å². The predicted molar refractivity (Wildman–Crippen MR) is 90.1 cm³/mol. The Labute approximate surface area is 135 Å². The molecule has 2 aromatic carbocycles. The van der Waals surface area contributed by atoms with Gasteiger partial charge in [0.2, 0.25) is 0 Å². The minimum absolute atomic E-state index is 0.163. The maximum Gasteiger partial charge on any atom is 0.255 e. The van der Waals surface area contributed by atoms with Crippen molar-refractivity contribution in [1.82, 2.24) is 5.32 Å². The molecular weight excluding hydrogens is 292 g/mol. The highest BCUT2D eigenvalue weighted by Crippen LogP contribution is 2.19. The minimum Gasteiger partial charge on any atom is -0.497 e. The molecule has 5 nitrogen and oxygen atoms in total. The molecule has 0 heterocycles. The van der Waals surface area contributed by atoms with Crippen LogP contribution in [-0.4, -0.2) is 25.5 Å². The first-order valence-corrected chi connectivity index (χ1v) is 7.39. The van der Waals surface area contributed by atoms with E-state index in [0.29, 0.717) is 29.1 Å². The number of benzene rings is 2. The summed E-state index contributed by atoms with van der Waals surface area (Å²) in [6, 6.07) is 12.1. The minimum atomic E-state index is -0.250. The molecule has 0 fully saturated rings. The zero-order valence-electron chi connectivity index (χ0n) is 13.5. The van der Waals surface area contributed by atoms with E-state index < -0.39 is 0 Å². The Bertz CT molecular complexity index is 726. The molecule has 0 aliphatic rings. The van der Waals surface area contributed by atoms with Gasteiger partial charge in [-0.25, -0.2) is 0 Å². The summed E-state index contributed by atoms with van der Waals surface area (Å²) in [5, 5.41) is 5.58. The molecule has 23 heavy (non-hydrogen) atoms. The van der Waals surface area contributed by atoms with E-state index in [0.717, 1.165) is 5.56 Å². The summed E-state index contributed by atoms with van der Waals surface area (Å²) < 4.78 is 5.12. The van der Waals surface area contributed by atoms with E-state index in [4.69, 9.17) is 4.74 Å². The summed E-state index contributed by atoms with van der Waals surface area (Å²) in [7, 11) is 1.55. The van der Waals surface area contributed by atoms with Crippen molar-refractivity contribution in [3.8, 4) is 5.75 Å². The van der Waals surface area contributed by atoms with Crippen molar-refractivity contribution in [3.05, 3.63) is 59.2 Å². The molecule has 2 amide bonds. The van der Waals surface area contributed by atoms with Crippen molar-refractivity contribution < 1.29 is 14.3 Å². The van der Waals surface area contributed by atoms with Crippen molar-refractivity contribution in [2.75, 3.05) is 19.0 Å². The fraction of sp³-hybridized carbons (Fsp3) is 0.222. The van der Waals surface area contributed by atoms with Crippen LogP contribution >= 0.6 is 0 Å². The van der Waals surface area contributed by atoms with Gasteiger partial charge >= 0.3 is 0 Å². The zero-order chi connectivity index (χ0) is 16.8. The van der Waals surface area contributed by atoms with Gasteiger partial charge in [0.1, 0.15) is 5.75 Å². The van der Waals surface area contributed by atoms with E-state index >= 15 is 0 Å². The third kappa shape index (κ3) is 4.10. The summed E-state index contributed by atoms with van der Waals surface area (Å²) >= 11 is 0. The Hall–Kier alpha value is -2.82. The molecule has 0 unspecified atom stereocenters. The normalized spacial score (nSPS) is 10.0. The first-order chi connectivity index (χ1) is 11.0. The van der Waals surface area contributed by atoms with E-state index in [1.54, 1.807) is 43.5 Å². The van der Waals surface area contributed by atoms with Crippen LogP contribution in [0.25, 0.3) is 0 Å². The fourth-order valence-corrected chi connectivity index (χ4v) is 2.12. The molecule has 2 rings (SSSR count). The van der Waals surface area contributed by atoms with Crippen LogP contribution < -0.4 is 15.4 Å². The van der Waals surface area contributed by atoms with Crippen molar-refractivity contribution in [1.29, 1.82) is 0 Å². The third-order valence-corrected chi connectivity index (χ3v) is 3.42. The number of methoxy groups -OCH3 is 1. The average molecular weight is 312 g/mol. The van der Waals surface area contributed by atoms with Gasteiger partial charge in [0, 0.05) is 23.4 Å². The fourth-order valence-electron chi connectivity index (χ4n) is 2.12. The molecule has 5 heteroatoms. The number of ether oxygens (including phenoxy) is 1. The Morgan fingerprint density at radius 3 is 2.48 bits per heavy atom. The highest BCUT2D eigenvalue weighted by molar-refractivity contribution is 6.05. The van der Waals surface area contributed by atoms with Crippen molar-refractivity contribution in [2.24, 2.45) is 0 Å². The van der Waals surface area contributed by atoms with Crippen LogP contribution in [0.5, 0.6) is 5.75 Å². The van der Waals surface area contributed by atoms with Crippen LogP contribution in [0.4, 0.5) is 5.69 Å². The predicted octanol–water partition coefficient (Wildman–Crippen LogP) is 3.01. The van der Waals surface area contributed by atoms with Crippen LogP contribution in [-0.2, 0) is 0 Å². The monoisotopic (exact) mass is 312 g/mol. The van der Waals surface area contributed by atoms with Gasteiger partial charge in [0.25, 0.3) is 11.8 Å². The standard InChI is InChI=1S/C18H20N2O3/c1-4-19-17(21)14-9-8-12(2)16(11-14)20-18(22)13-6-5-7-15(10-13)23-3/h5-11H,4H2,1-3H3,(H,19,21)(H,20,22). The van der Waals surface area contributed by atoms with Gasteiger partial charge in [-0.2, -0.15) is 0 Å². The lowest BCUT2D eigenvalue weighted by Crippen LogP contribution is -2.23. The van der Waals surface area contributed by atoms with E-state index in [1.807, 2.05) is 19.9 Å². The van der Waals surface area contributed by atoms with Gasteiger partial charge in [-0.05, 0) is 49.7 Å². The van der Waals surface area contributed by atoms with Gasteiger partial charge in [-0.15, -0.1) is 0 Å². The van der Waals surface area contributed by atoms with E-state index in [1.165, 1.54) is 0 Å². The zero-order valence-corrected chi connectivity index (χ0v) is 13.5. The van der Waals surface area contributed by atoms with Crippen LogP contribution in [0.3, 0.4) is 0 Å². The molecule has 2 N–H and O–H groups in total. The largest absolute Gasteiger partial charge is 0.497 e. The highest BCUT2D eigenvalue weighted by atomic mass is 16.5. The summed E-state index contributed by atoms with van der Waals surface area (Å²) in [5.74, 6) is 0.204. The molecule has 2 aromatic rings. The molecule has 0 atom stereocenters. The maximum atomic E-state index is 12.4. The summed E-state index contributed by atoms with van der Waals surface area (Å²) in [6.07, 6.45) is 0. The third-order valence-electron chi connectivity index (χ3n) is 3.42. The van der Waals surface area contributed by atoms with Crippen molar-refractivity contribution in [3.63, 3.8) is 0 Å². The molecule has 0 bridgehead atoms. The lowest BCUT2D eigenvalue weighted by Gasteiger charge is -2.11. The molecule has 0 saturated carbocycles. The second kappa shape index (κ2) is 7.45. The van der Waals surface area contributed by atoms with Crippen molar-refractivity contribution in [2.45, 2.75) is 13.8 Å². The van der Waals surface area contributed by atoms with Crippen molar-refractivity contribution >= 4 is 17.5 Å². The first kappa shape index (κ1) is 16.5. The van der Waals surface area contributed by atoms with E-state index in [-0.39, 0.29) is 11.8 Å². The number of carbonyl (C=O) groups is 2. The SMILES string of the molecule is CCNC(=O)c1ccc(C)c(NC(=O)c2cccc(OC)c2)c1. The number of hydrogen-bond donors (Lipinski definition) is 2. The Morgan fingerprint density at radius 2 is 1.78 bits per heavy atom. The summed E-state index contributed by atoms with van der Waals surface area (Å²) in [4.78, 5) is 24.3. The average Bonchev–Trinajstić information content (AvgIpc) is 2.57. The Kier molecular flexibility index (Phi) is 5.36. The number of aryl methyl sites for hydroxylation is 1. The van der Waals surface area contributed by atoms with E-state index in [2.05, 4.69) is 10.6 Å². The molecule has 120 valence electrons. The molecule has 0 aliphatic heterocycles.